The number of aryl methyl sites for hydroxylation is 1. The molecule has 0 fully saturated rings. The summed E-state index contributed by atoms with van der Waals surface area (Å²) < 4.78 is 5.24. The number of methoxy groups -OCH3 is 1. The minimum Gasteiger partial charge on any atom is -0.497 e. The van der Waals surface area contributed by atoms with Crippen molar-refractivity contribution in [3.8, 4) is 16.3 Å². The highest BCUT2D eigenvalue weighted by Crippen LogP contribution is 2.29. The molecule has 0 unspecified atom stereocenters. The molecule has 7 nitrogen and oxygen atoms in total. The van der Waals surface area contributed by atoms with Gasteiger partial charge in [0.1, 0.15) is 22.3 Å². The Kier molecular flexibility index (Phi) is 5.97. The van der Waals surface area contributed by atoms with Crippen LogP contribution in [0.4, 0.5) is 5.82 Å². The lowest BCUT2D eigenvalue weighted by atomic mass is 10.2. The first-order valence-electron chi connectivity index (χ1n) is 10.7. The molecule has 0 aliphatic heterocycles. The van der Waals surface area contributed by atoms with Gasteiger partial charge in [0.25, 0.3) is 5.91 Å². The van der Waals surface area contributed by atoms with Gasteiger partial charge in [0.05, 0.1) is 30.9 Å². The number of pyridine rings is 1. The van der Waals surface area contributed by atoms with Gasteiger partial charge in [-0.1, -0.05) is 18.2 Å². The van der Waals surface area contributed by atoms with Gasteiger partial charge in [-0.15, -0.1) is 11.3 Å². The molecule has 0 N–H and O–H groups in total. The second-order valence-electron chi connectivity index (χ2n) is 7.64. The zero-order chi connectivity index (χ0) is 23.5. The summed E-state index contributed by atoms with van der Waals surface area (Å²) in [5, 5.41) is 0.869. The van der Waals surface area contributed by atoms with Crippen LogP contribution in [0, 0.1) is 6.92 Å². The van der Waals surface area contributed by atoms with Gasteiger partial charge in [0.2, 0.25) is 0 Å². The Hall–Kier alpha value is -4.17. The monoisotopic (exact) mass is 467 g/mol. The van der Waals surface area contributed by atoms with E-state index >= 15 is 0 Å². The van der Waals surface area contributed by atoms with Crippen molar-refractivity contribution in [3.63, 3.8) is 0 Å². The fourth-order valence-electron chi connectivity index (χ4n) is 3.60. The topological polar surface area (TPSA) is 81.1 Å². The van der Waals surface area contributed by atoms with E-state index in [1.54, 1.807) is 24.4 Å². The van der Waals surface area contributed by atoms with Crippen molar-refractivity contribution in [1.29, 1.82) is 0 Å². The number of ether oxygens (including phenoxy) is 1. The molecule has 8 heteroatoms. The van der Waals surface area contributed by atoms with Crippen LogP contribution in [0.25, 0.3) is 21.6 Å². The predicted molar refractivity (Wildman–Crippen MR) is 133 cm³/mol. The molecule has 0 atom stereocenters. The van der Waals surface area contributed by atoms with Gasteiger partial charge in [-0.05, 0) is 55.0 Å². The van der Waals surface area contributed by atoms with Crippen molar-refractivity contribution < 1.29 is 9.53 Å². The molecule has 0 saturated heterocycles. The number of aromatic nitrogens is 4. The maximum Gasteiger partial charge on any atom is 0.280 e. The lowest BCUT2D eigenvalue weighted by Crippen LogP contribution is -2.32. The van der Waals surface area contributed by atoms with Gasteiger partial charge in [-0.2, -0.15) is 0 Å². The van der Waals surface area contributed by atoms with E-state index in [2.05, 4.69) is 19.9 Å². The molecule has 3 heterocycles. The molecular formula is C26H21N5O2S. The molecule has 5 rings (SSSR count). The fourth-order valence-corrected chi connectivity index (χ4v) is 4.51. The minimum atomic E-state index is -0.264. The summed E-state index contributed by atoms with van der Waals surface area (Å²) in [6.45, 7) is 2.25. The molecule has 0 radical (unpaired) electrons. The molecule has 2 aromatic carbocycles. The number of fused-ring (bicyclic) bond motifs is 1. The van der Waals surface area contributed by atoms with E-state index in [4.69, 9.17) is 4.74 Å². The summed E-state index contributed by atoms with van der Waals surface area (Å²) in [7, 11) is 1.64. The molecule has 168 valence electrons. The van der Waals surface area contributed by atoms with Crippen LogP contribution in [0.5, 0.6) is 5.75 Å². The largest absolute Gasteiger partial charge is 0.497 e. The van der Waals surface area contributed by atoms with Gasteiger partial charge in [0.15, 0.2) is 0 Å². The first-order valence-corrected chi connectivity index (χ1v) is 11.5. The van der Waals surface area contributed by atoms with E-state index in [9.17, 15) is 4.79 Å². The van der Waals surface area contributed by atoms with Crippen molar-refractivity contribution in [3.05, 3.63) is 95.4 Å². The lowest BCUT2D eigenvalue weighted by molar-refractivity contribution is 0.0979. The van der Waals surface area contributed by atoms with Crippen molar-refractivity contribution in [2.75, 3.05) is 12.0 Å². The Balaban J connectivity index is 1.49. The number of hydrogen-bond acceptors (Lipinski definition) is 7. The number of benzene rings is 2. The van der Waals surface area contributed by atoms with Crippen molar-refractivity contribution >= 4 is 34.1 Å². The zero-order valence-electron chi connectivity index (χ0n) is 18.7. The summed E-state index contributed by atoms with van der Waals surface area (Å²) >= 11 is 1.53. The summed E-state index contributed by atoms with van der Waals surface area (Å²) in [4.78, 5) is 34.3. The summed E-state index contributed by atoms with van der Waals surface area (Å²) in [5.41, 5.74) is 3.56. The maximum atomic E-state index is 13.6. The first-order chi connectivity index (χ1) is 16.6. The van der Waals surface area contributed by atoms with Gasteiger partial charge < -0.3 is 4.74 Å². The van der Waals surface area contributed by atoms with Crippen LogP contribution in [0.2, 0.25) is 0 Å². The molecular weight excluding hydrogens is 446 g/mol. The Bertz CT molecular complexity index is 1470. The number of amides is 1. The third kappa shape index (κ3) is 4.35. The summed E-state index contributed by atoms with van der Waals surface area (Å²) in [6, 6.07) is 19.0. The van der Waals surface area contributed by atoms with Gasteiger partial charge in [0, 0.05) is 22.8 Å². The Labute approximate surface area is 200 Å². The molecule has 0 aliphatic carbocycles. The van der Waals surface area contributed by atoms with E-state index in [0.29, 0.717) is 17.9 Å². The van der Waals surface area contributed by atoms with Crippen LogP contribution in [0.3, 0.4) is 0 Å². The summed E-state index contributed by atoms with van der Waals surface area (Å²) in [5.74, 6) is 1.11. The van der Waals surface area contributed by atoms with Crippen molar-refractivity contribution in [2.45, 2.75) is 13.5 Å². The van der Waals surface area contributed by atoms with Gasteiger partial charge in [-0.25, -0.2) is 15.0 Å². The normalized spacial score (nSPS) is 10.9. The predicted octanol–water partition coefficient (Wildman–Crippen LogP) is 5.31. The van der Waals surface area contributed by atoms with Crippen molar-refractivity contribution in [1.82, 2.24) is 19.9 Å². The van der Waals surface area contributed by atoms with Crippen LogP contribution in [-0.4, -0.2) is 33.0 Å². The van der Waals surface area contributed by atoms with E-state index in [1.807, 2.05) is 67.6 Å². The Morgan fingerprint density at radius 1 is 0.941 bits per heavy atom. The highest BCUT2D eigenvalue weighted by molar-refractivity contribution is 7.15. The van der Waals surface area contributed by atoms with Crippen LogP contribution in [0.1, 0.15) is 20.9 Å². The van der Waals surface area contributed by atoms with E-state index in [0.717, 1.165) is 32.3 Å². The highest BCUT2D eigenvalue weighted by Gasteiger charge is 2.23. The second-order valence-corrected chi connectivity index (χ2v) is 8.75. The molecule has 0 saturated carbocycles. The number of hydrogen-bond donors (Lipinski definition) is 0. The Morgan fingerprint density at radius 3 is 2.50 bits per heavy atom. The number of carbonyl (C=O) groups excluding carboxylic acids is 1. The molecule has 3 aromatic heterocycles. The molecule has 5 aromatic rings. The number of thiazole rings is 1. The number of nitrogens with zero attached hydrogens (tertiary/aromatic N) is 5. The van der Waals surface area contributed by atoms with Gasteiger partial charge >= 0.3 is 0 Å². The minimum absolute atomic E-state index is 0.264. The van der Waals surface area contributed by atoms with E-state index in [1.165, 1.54) is 17.5 Å². The quantitative estimate of drug-likeness (QED) is 0.337. The SMILES string of the molecule is COc1ccc(-c2ncc(CN(C(=O)c3cnc4ccccc4n3)c3ncccc3C)s2)cc1. The maximum absolute atomic E-state index is 13.6. The van der Waals surface area contributed by atoms with Crippen LogP contribution >= 0.6 is 11.3 Å². The first kappa shape index (κ1) is 21.7. The number of carbonyl (C=O) groups is 1. The van der Waals surface area contributed by atoms with E-state index < -0.39 is 0 Å². The van der Waals surface area contributed by atoms with E-state index in [-0.39, 0.29) is 11.6 Å². The fraction of sp³-hybridized carbons (Fsp3) is 0.115. The molecule has 34 heavy (non-hydrogen) atoms. The average Bonchev–Trinajstić information content (AvgIpc) is 3.36. The van der Waals surface area contributed by atoms with Gasteiger partial charge in [-0.3, -0.25) is 14.7 Å². The standard InChI is InChI=1S/C26H21N5O2S/c1-17-6-5-13-27-24(17)31(26(32)23-15-28-21-7-3-4-8-22(21)30-23)16-20-14-29-25(34-20)18-9-11-19(33-2)12-10-18/h3-15H,16H2,1-2H3. The van der Waals surface area contributed by atoms with Crippen molar-refractivity contribution in [2.24, 2.45) is 0 Å². The second kappa shape index (κ2) is 9.36. The molecule has 0 spiro atoms. The third-order valence-corrected chi connectivity index (χ3v) is 6.39. The zero-order valence-corrected chi connectivity index (χ0v) is 19.5. The molecule has 0 aliphatic rings. The van der Waals surface area contributed by atoms with Crippen LogP contribution in [0.15, 0.2) is 79.3 Å². The molecule has 1 amide bonds. The van der Waals surface area contributed by atoms with Crippen LogP contribution < -0.4 is 9.64 Å². The number of para-hydroxylation sites is 2. The number of rotatable bonds is 6. The summed E-state index contributed by atoms with van der Waals surface area (Å²) in [6.07, 6.45) is 5.00. The Morgan fingerprint density at radius 2 is 1.74 bits per heavy atom. The lowest BCUT2D eigenvalue weighted by Gasteiger charge is -2.22. The van der Waals surface area contributed by atoms with Crippen LogP contribution in [-0.2, 0) is 6.54 Å². The third-order valence-electron chi connectivity index (χ3n) is 5.35. The smallest absolute Gasteiger partial charge is 0.280 e. The average molecular weight is 468 g/mol. The highest BCUT2D eigenvalue weighted by atomic mass is 32.1. The molecule has 0 bridgehead atoms. The number of anilines is 1.